The average molecular weight is 687 g/mol. The third kappa shape index (κ3) is 5.73. The van der Waals surface area contributed by atoms with Crippen molar-refractivity contribution in [3.63, 3.8) is 0 Å². The molecule has 197 valence electrons. The summed E-state index contributed by atoms with van der Waals surface area (Å²) in [5.41, 5.74) is 10.8. The van der Waals surface area contributed by atoms with Crippen molar-refractivity contribution in [1.82, 2.24) is 0 Å². The summed E-state index contributed by atoms with van der Waals surface area (Å²) in [6.45, 7) is 10.3. The molecule has 0 unspecified atom stereocenters. The molecule has 3 aromatic heterocycles. The number of hydrogen-bond acceptors (Lipinski definition) is 1. The van der Waals surface area contributed by atoms with Gasteiger partial charge >= 0.3 is 0 Å². The Bertz CT molecular complexity index is 1700. The monoisotopic (exact) mass is 687 g/mol. The Balaban J connectivity index is 0.000000192. The Labute approximate surface area is 244 Å². The molecular weight excluding hydrogens is 657 g/mol. The van der Waals surface area contributed by atoms with Gasteiger partial charge in [0.05, 0.1) is 30.0 Å². The van der Waals surface area contributed by atoms with Gasteiger partial charge in [-0.15, -0.1) is 35.4 Å². The molecule has 4 heteroatoms. The van der Waals surface area contributed by atoms with Gasteiger partial charge in [0, 0.05) is 39.6 Å². The van der Waals surface area contributed by atoms with E-state index in [0.717, 1.165) is 50.2 Å². The molecule has 0 aliphatic rings. The first-order chi connectivity index (χ1) is 18.4. The Morgan fingerprint density at radius 2 is 1.31 bits per heavy atom. The van der Waals surface area contributed by atoms with Crippen molar-refractivity contribution in [3.05, 3.63) is 160 Å². The molecule has 0 saturated carbocycles. The molecular formula is C35H30IrN2O-2. The molecule has 1 radical (unpaired) electrons. The molecule has 0 aliphatic heterocycles. The zero-order valence-corrected chi connectivity index (χ0v) is 24.3. The summed E-state index contributed by atoms with van der Waals surface area (Å²) in [6.07, 6.45) is 5.57. The first kappa shape index (κ1) is 27.7. The van der Waals surface area contributed by atoms with Crippen molar-refractivity contribution in [1.29, 1.82) is 0 Å². The number of furan rings is 1. The SMILES string of the molecule is [CH2-]c1ccc(-c2ccccc2)cc1-c1c2ccoc2cc[n+]1[CH2-].[CH2-]c1ccccc1-c1c(C)ccc[n+]1[CH2-].[Ir]. The molecule has 0 amide bonds. The van der Waals surface area contributed by atoms with Crippen molar-refractivity contribution >= 4 is 11.0 Å². The van der Waals surface area contributed by atoms with Crippen LogP contribution < -0.4 is 9.13 Å². The van der Waals surface area contributed by atoms with Gasteiger partial charge < -0.3 is 13.6 Å². The van der Waals surface area contributed by atoms with Crippen LogP contribution in [0.25, 0.3) is 44.6 Å². The second kappa shape index (κ2) is 12.0. The van der Waals surface area contributed by atoms with Crippen LogP contribution >= 0.6 is 0 Å². The first-order valence-corrected chi connectivity index (χ1v) is 12.4. The molecule has 3 nitrogen and oxygen atoms in total. The van der Waals surface area contributed by atoms with E-state index < -0.39 is 0 Å². The normalized spacial score (nSPS) is 10.4. The number of nitrogens with zero attached hydrogens (tertiary/aromatic N) is 2. The molecule has 0 fully saturated rings. The van der Waals surface area contributed by atoms with E-state index in [1.807, 2.05) is 76.1 Å². The van der Waals surface area contributed by atoms with Gasteiger partial charge in [-0.2, -0.15) is 37.1 Å². The van der Waals surface area contributed by atoms with E-state index in [-0.39, 0.29) is 20.1 Å². The van der Waals surface area contributed by atoms with Crippen LogP contribution in [-0.2, 0) is 20.1 Å². The molecule has 3 heterocycles. The van der Waals surface area contributed by atoms with Crippen LogP contribution in [0.3, 0.4) is 0 Å². The van der Waals surface area contributed by atoms with Gasteiger partial charge in [0.15, 0.2) is 0 Å². The molecule has 6 rings (SSSR count). The molecule has 39 heavy (non-hydrogen) atoms. The van der Waals surface area contributed by atoms with E-state index in [2.05, 4.69) is 77.3 Å². The fraction of sp³-hybridized carbons (Fsp3) is 0.0286. The van der Waals surface area contributed by atoms with Crippen LogP contribution in [0.2, 0.25) is 0 Å². The van der Waals surface area contributed by atoms with Gasteiger partial charge in [-0.1, -0.05) is 48.5 Å². The zero-order valence-electron chi connectivity index (χ0n) is 21.9. The molecule has 0 atom stereocenters. The van der Waals surface area contributed by atoms with E-state index in [0.29, 0.717) is 0 Å². The number of fused-ring (bicyclic) bond motifs is 1. The first-order valence-electron chi connectivity index (χ1n) is 12.4. The van der Waals surface area contributed by atoms with Gasteiger partial charge in [-0.05, 0) is 35.7 Å². The van der Waals surface area contributed by atoms with Gasteiger partial charge in [-0.3, -0.25) is 0 Å². The standard InChI is InChI=1S/C21H16NO.C14H14N.Ir/c1-15-8-9-17(16-6-4-3-5-7-16)14-19(15)21-18-11-13-23-20(18)10-12-22(21)2;1-11-7-4-5-9-13(11)14-12(2)8-6-10-15(14)3;/h3-14H,1-2H2;4-10H,1,3H2,2H3;/q2*-1;. The Morgan fingerprint density at radius 1 is 0.615 bits per heavy atom. The van der Waals surface area contributed by atoms with Gasteiger partial charge in [-0.25, -0.2) is 0 Å². The van der Waals surface area contributed by atoms with Crippen molar-refractivity contribution in [2.24, 2.45) is 0 Å². The number of pyridine rings is 2. The van der Waals surface area contributed by atoms with Gasteiger partial charge in [0.25, 0.3) is 0 Å². The fourth-order valence-corrected chi connectivity index (χ4v) is 4.73. The minimum absolute atomic E-state index is 0. The molecule has 3 aromatic carbocycles. The molecule has 0 spiro atoms. The minimum atomic E-state index is 0. The quantitative estimate of drug-likeness (QED) is 0.139. The van der Waals surface area contributed by atoms with Crippen LogP contribution in [0.5, 0.6) is 0 Å². The summed E-state index contributed by atoms with van der Waals surface area (Å²) < 4.78 is 9.29. The largest absolute Gasteiger partial charge is 0.466 e. The smallest absolute Gasteiger partial charge is 0.120 e. The van der Waals surface area contributed by atoms with Crippen LogP contribution in [-0.4, -0.2) is 0 Å². The number of hydrogen-bond donors (Lipinski definition) is 0. The summed E-state index contributed by atoms with van der Waals surface area (Å²) in [4.78, 5) is 0. The number of rotatable bonds is 3. The molecule has 0 N–H and O–H groups in total. The van der Waals surface area contributed by atoms with Gasteiger partial charge in [0.1, 0.15) is 5.58 Å². The van der Waals surface area contributed by atoms with Crippen LogP contribution in [0.15, 0.2) is 120 Å². The summed E-state index contributed by atoms with van der Waals surface area (Å²) in [6, 6.07) is 32.8. The summed E-state index contributed by atoms with van der Waals surface area (Å²) >= 11 is 0. The summed E-state index contributed by atoms with van der Waals surface area (Å²) in [7, 11) is 8.11. The van der Waals surface area contributed by atoms with E-state index in [9.17, 15) is 0 Å². The van der Waals surface area contributed by atoms with Crippen molar-refractivity contribution in [3.8, 4) is 33.6 Å². The molecule has 6 aromatic rings. The zero-order chi connectivity index (χ0) is 26.6. The van der Waals surface area contributed by atoms with E-state index >= 15 is 0 Å². The third-order valence-electron chi connectivity index (χ3n) is 6.66. The predicted octanol–water partition coefficient (Wildman–Crippen LogP) is 7.65. The second-order valence-electron chi connectivity index (χ2n) is 9.24. The van der Waals surface area contributed by atoms with Crippen molar-refractivity contribution < 1.29 is 33.7 Å². The van der Waals surface area contributed by atoms with E-state index in [1.54, 1.807) is 6.26 Å². The van der Waals surface area contributed by atoms with Crippen LogP contribution in [0, 0.1) is 34.9 Å². The fourth-order valence-electron chi connectivity index (χ4n) is 4.73. The second-order valence-corrected chi connectivity index (χ2v) is 9.24. The third-order valence-corrected chi connectivity index (χ3v) is 6.66. The Kier molecular flexibility index (Phi) is 8.51. The maximum absolute atomic E-state index is 5.53. The van der Waals surface area contributed by atoms with Crippen molar-refractivity contribution in [2.45, 2.75) is 6.92 Å². The topological polar surface area (TPSA) is 20.9 Å². The van der Waals surface area contributed by atoms with Gasteiger partial charge in [0.2, 0.25) is 0 Å². The van der Waals surface area contributed by atoms with E-state index in [1.165, 1.54) is 11.1 Å². The molecule has 0 bridgehead atoms. The summed E-state index contributed by atoms with van der Waals surface area (Å²) in [5.74, 6) is 0. The summed E-state index contributed by atoms with van der Waals surface area (Å²) in [5, 5.41) is 1.04. The minimum Gasteiger partial charge on any atom is -0.466 e. The molecule has 0 saturated heterocycles. The van der Waals surface area contributed by atoms with Crippen LogP contribution in [0.1, 0.15) is 16.7 Å². The Morgan fingerprint density at radius 3 is 2.05 bits per heavy atom. The average Bonchev–Trinajstić information content (AvgIpc) is 3.40. The maximum Gasteiger partial charge on any atom is 0.120 e. The number of aryl methyl sites for hydroxylation is 1. The number of benzene rings is 3. The molecule has 0 aliphatic carbocycles. The van der Waals surface area contributed by atoms with E-state index in [4.69, 9.17) is 4.42 Å². The van der Waals surface area contributed by atoms with Crippen molar-refractivity contribution in [2.75, 3.05) is 0 Å². The number of aromatic nitrogens is 2. The maximum atomic E-state index is 5.53. The van der Waals surface area contributed by atoms with Crippen LogP contribution in [0.4, 0.5) is 0 Å². The Hall–Kier alpha value is -4.37. The predicted molar refractivity (Wildman–Crippen MR) is 155 cm³/mol.